The van der Waals surface area contributed by atoms with Crippen LogP contribution >= 0.6 is 0 Å². The zero-order valence-electron chi connectivity index (χ0n) is 19.3. The van der Waals surface area contributed by atoms with Crippen LogP contribution in [0.4, 0.5) is 10.1 Å². The van der Waals surface area contributed by atoms with E-state index in [1.54, 1.807) is 12.1 Å². The highest BCUT2D eigenvalue weighted by molar-refractivity contribution is 5.64. The van der Waals surface area contributed by atoms with Crippen molar-refractivity contribution in [3.63, 3.8) is 0 Å². The Kier molecular flexibility index (Phi) is 6.63. The Morgan fingerprint density at radius 1 is 1.19 bits per heavy atom. The fraction of sp³-hybridized carbons (Fsp3) is 0.357. The first-order chi connectivity index (χ1) is 15.4. The van der Waals surface area contributed by atoms with Crippen LogP contribution in [0.25, 0.3) is 5.57 Å². The lowest BCUT2D eigenvalue weighted by Gasteiger charge is -2.47. The van der Waals surface area contributed by atoms with E-state index in [0.29, 0.717) is 6.61 Å². The molecule has 2 unspecified atom stereocenters. The van der Waals surface area contributed by atoms with Crippen molar-refractivity contribution in [2.45, 2.75) is 45.6 Å². The van der Waals surface area contributed by atoms with Crippen LogP contribution in [-0.2, 0) is 4.74 Å². The summed E-state index contributed by atoms with van der Waals surface area (Å²) in [4.78, 5) is 0. The molecule has 0 amide bonds. The lowest BCUT2D eigenvalue weighted by Crippen LogP contribution is -2.43. The average Bonchev–Trinajstić information content (AvgIpc) is 2.80. The van der Waals surface area contributed by atoms with Gasteiger partial charge in [-0.15, -0.1) is 0 Å². The number of nitrogens with one attached hydrogen (secondary N) is 1. The number of hydrogen-bond donors (Lipinski definition) is 1. The van der Waals surface area contributed by atoms with E-state index in [1.807, 2.05) is 30.3 Å². The summed E-state index contributed by atoms with van der Waals surface area (Å²) in [6.07, 6.45) is 6.68. The number of nitrogens with zero attached hydrogens (tertiary/aromatic N) is 1. The maximum absolute atomic E-state index is 13.4. The lowest BCUT2D eigenvalue weighted by molar-refractivity contribution is -0.0203. The first kappa shape index (κ1) is 22.5. The zero-order valence-corrected chi connectivity index (χ0v) is 19.3. The fourth-order valence-electron chi connectivity index (χ4n) is 5.14. The molecule has 1 saturated carbocycles. The van der Waals surface area contributed by atoms with Crippen molar-refractivity contribution >= 4 is 11.3 Å². The van der Waals surface area contributed by atoms with Gasteiger partial charge in [0.2, 0.25) is 0 Å². The molecule has 0 bridgehead atoms. The number of hydrazine groups is 1. The van der Waals surface area contributed by atoms with Gasteiger partial charge >= 0.3 is 0 Å². The number of allylic oxidation sites excluding steroid dienone is 2. The van der Waals surface area contributed by atoms with Crippen LogP contribution in [0, 0.1) is 11.2 Å². The van der Waals surface area contributed by atoms with Gasteiger partial charge in [-0.1, -0.05) is 49.4 Å². The molecule has 0 aromatic heterocycles. The standard InChI is InChI=1S/C28H33FN2O/c1-20-18-28(3)23(17-26(20)31(30-4)25-15-13-24(29)14-16-25)11-8-12-27(28)32-19-21(2)22-9-6-5-7-10-22/h5-7,9-10,13-17,27,30H,2,8,11-12,18-19H2,1,3-4H3. The Balaban J connectivity index is 1.54. The molecule has 0 aliphatic heterocycles. The van der Waals surface area contributed by atoms with Crippen LogP contribution < -0.4 is 10.4 Å². The van der Waals surface area contributed by atoms with E-state index in [2.05, 4.69) is 44.1 Å². The number of benzene rings is 2. The molecule has 3 nitrogen and oxygen atoms in total. The minimum absolute atomic E-state index is 0.0228. The third-order valence-corrected chi connectivity index (χ3v) is 6.93. The van der Waals surface area contributed by atoms with Crippen molar-refractivity contribution in [3.8, 4) is 0 Å². The van der Waals surface area contributed by atoms with E-state index < -0.39 is 0 Å². The van der Waals surface area contributed by atoms with Gasteiger partial charge in [-0.05, 0) is 79.7 Å². The summed E-state index contributed by atoms with van der Waals surface area (Å²) >= 11 is 0. The minimum atomic E-state index is -0.227. The van der Waals surface area contributed by atoms with E-state index in [-0.39, 0.29) is 17.3 Å². The number of fused-ring (bicyclic) bond motifs is 1. The molecule has 4 rings (SSSR count). The molecule has 2 aliphatic carbocycles. The second-order valence-corrected chi connectivity index (χ2v) is 9.13. The van der Waals surface area contributed by atoms with Crippen LogP contribution in [0.5, 0.6) is 0 Å². The molecule has 4 heteroatoms. The minimum Gasteiger partial charge on any atom is -0.373 e. The van der Waals surface area contributed by atoms with E-state index in [9.17, 15) is 4.39 Å². The Bertz CT molecular complexity index is 1030. The van der Waals surface area contributed by atoms with Crippen molar-refractivity contribution in [1.82, 2.24) is 5.43 Å². The van der Waals surface area contributed by atoms with E-state index in [4.69, 9.17) is 4.74 Å². The van der Waals surface area contributed by atoms with Gasteiger partial charge in [-0.3, -0.25) is 5.01 Å². The molecule has 1 fully saturated rings. The van der Waals surface area contributed by atoms with Crippen LogP contribution in [0.15, 0.2) is 84.1 Å². The zero-order chi connectivity index (χ0) is 22.7. The van der Waals surface area contributed by atoms with Crippen molar-refractivity contribution in [1.29, 1.82) is 0 Å². The molecule has 168 valence electrons. The number of ether oxygens (including phenoxy) is 1. The van der Waals surface area contributed by atoms with Crippen LogP contribution in [-0.4, -0.2) is 19.8 Å². The molecule has 1 N–H and O–H groups in total. The highest BCUT2D eigenvalue weighted by atomic mass is 19.1. The molecule has 2 aromatic carbocycles. The summed E-state index contributed by atoms with van der Waals surface area (Å²) in [7, 11) is 1.90. The van der Waals surface area contributed by atoms with Crippen LogP contribution in [0.2, 0.25) is 0 Å². The second-order valence-electron chi connectivity index (χ2n) is 9.13. The Labute approximate surface area is 191 Å². The monoisotopic (exact) mass is 432 g/mol. The lowest BCUT2D eigenvalue weighted by atomic mass is 9.64. The summed E-state index contributed by atoms with van der Waals surface area (Å²) < 4.78 is 19.9. The van der Waals surface area contributed by atoms with Gasteiger partial charge in [0.1, 0.15) is 5.82 Å². The quantitative estimate of drug-likeness (QED) is 0.495. The molecule has 32 heavy (non-hydrogen) atoms. The first-order valence-corrected chi connectivity index (χ1v) is 11.4. The van der Waals surface area contributed by atoms with E-state index in [0.717, 1.165) is 48.2 Å². The third-order valence-electron chi connectivity index (χ3n) is 6.93. The van der Waals surface area contributed by atoms with Crippen LogP contribution in [0.1, 0.15) is 45.1 Å². The Morgan fingerprint density at radius 3 is 2.59 bits per heavy atom. The number of rotatable bonds is 7. The molecule has 0 radical (unpaired) electrons. The van der Waals surface area contributed by atoms with Gasteiger partial charge in [0.05, 0.1) is 24.1 Å². The van der Waals surface area contributed by atoms with Crippen LogP contribution in [0.3, 0.4) is 0 Å². The van der Waals surface area contributed by atoms with Gasteiger partial charge in [-0.25, -0.2) is 9.82 Å². The maximum Gasteiger partial charge on any atom is 0.123 e. The third kappa shape index (κ3) is 4.43. The van der Waals surface area contributed by atoms with Crippen molar-refractivity contribution in [2.24, 2.45) is 5.41 Å². The van der Waals surface area contributed by atoms with Crippen molar-refractivity contribution in [2.75, 3.05) is 18.7 Å². The highest BCUT2D eigenvalue weighted by Crippen LogP contribution is 2.50. The maximum atomic E-state index is 13.4. The highest BCUT2D eigenvalue weighted by Gasteiger charge is 2.43. The Morgan fingerprint density at radius 2 is 1.91 bits per heavy atom. The van der Waals surface area contributed by atoms with Gasteiger partial charge in [0.25, 0.3) is 0 Å². The largest absolute Gasteiger partial charge is 0.373 e. The molecule has 0 saturated heterocycles. The summed E-state index contributed by atoms with van der Waals surface area (Å²) in [5, 5.41) is 2.04. The number of anilines is 1. The smallest absolute Gasteiger partial charge is 0.123 e. The average molecular weight is 433 g/mol. The molecule has 0 spiro atoms. The molecule has 2 aromatic rings. The summed E-state index contributed by atoms with van der Waals surface area (Å²) in [6.45, 7) is 9.33. The molecule has 0 heterocycles. The topological polar surface area (TPSA) is 24.5 Å². The first-order valence-electron chi connectivity index (χ1n) is 11.4. The van der Waals surface area contributed by atoms with Gasteiger partial charge < -0.3 is 4.74 Å². The Hall–Kier alpha value is -2.69. The number of halogens is 1. The SMILES string of the molecule is C=C(COC1CCCC2=CC(N(NC)c3ccc(F)cc3)=C(C)CC21C)c1ccccc1. The summed E-state index contributed by atoms with van der Waals surface area (Å²) in [5.41, 5.74) is 10.2. The van der Waals surface area contributed by atoms with E-state index in [1.165, 1.54) is 23.3 Å². The van der Waals surface area contributed by atoms with Crippen molar-refractivity contribution < 1.29 is 9.13 Å². The summed E-state index contributed by atoms with van der Waals surface area (Å²) in [5.74, 6) is -0.227. The van der Waals surface area contributed by atoms with Gasteiger partial charge in [0.15, 0.2) is 0 Å². The van der Waals surface area contributed by atoms with Gasteiger partial charge in [0, 0.05) is 12.5 Å². The molecule has 2 aliphatic rings. The second kappa shape index (κ2) is 9.43. The normalized spacial score (nSPS) is 22.9. The summed E-state index contributed by atoms with van der Waals surface area (Å²) in [6, 6.07) is 16.9. The molecular weight excluding hydrogens is 399 g/mol. The van der Waals surface area contributed by atoms with E-state index >= 15 is 0 Å². The van der Waals surface area contributed by atoms with Crippen molar-refractivity contribution in [3.05, 3.63) is 95.5 Å². The fourth-order valence-corrected chi connectivity index (χ4v) is 5.14. The molecule has 2 atom stereocenters. The number of hydrogen-bond acceptors (Lipinski definition) is 3. The predicted molar refractivity (Wildman–Crippen MR) is 131 cm³/mol. The molecular formula is C28H33FN2O. The van der Waals surface area contributed by atoms with Gasteiger partial charge in [-0.2, -0.15) is 0 Å². The predicted octanol–water partition coefficient (Wildman–Crippen LogP) is 6.66.